The Bertz CT molecular complexity index is 417. The van der Waals surface area contributed by atoms with Crippen molar-refractivity contribution in [3.63, 3.8) is 0 Å². The summed E-state index contributed by atoms with van der Waals surface area (Å²) in [5.41, 5.74) is 0. The quantitative estimate of drug-likeness (QED) is 0.755. The van der Waals surface area contributed by atoms with E-state index in [0.29, 0.717) is 36.8 Å². The molecular formula is C15H28N4O2. The molecule has 2 heterocycles. The molecule has 0 aliphatic carbocycles. The number of nitrogens with zero attached hydrogens (tertiary/aromatic N) is 4. The van der Waals surface area contributed by atoms with E-state index in [1.54, 1.807) is 7.11 Å². The lowest BCUT2D eigenvalue weighted by molar-refractivity contribution is 0.199. The lowest BCUT2D eigenvalue weighted by Gasteiger charge is -2.27. The molecule has 0 unspecified atom stereocenters. The largest absolute Gasteiger partial charge is 0.384 e. The second kappa shape index (κ2) is 7.33. The molecule has 1 aromatic heterocycles. The van der Waals surface area contributed by atoms with Gasteiger partial charge in [-0.15, -0.1) is 0 Å². The normalized spacial score (nSPS) is 23.6. The highest BCUT2D eigenvalue weighted by Gasteiger charge is 2.36. The Kier molecular flexibility index (Phi) is 5.72. The predicted octanol–water partition coefficient (Wildman–Crippen LogP) is 1.28. The topological polar surface area (TPSA) is 54.6 Å². The van der Waals surface area contributed by atoms with E-state index in [0.717, 1.165) is 25.5 Å². The van der Waals surface area contributed by atoms with Crippen LogP contribution in [0.1, 0.15) is 25.6 Å². The Morgan fingerprint density at radius 1 is 1.38 bits per heavy atom. The van der Waals surface area contributed by atoms with Crippen molar-refractivity contribution >= 4 is 0 Å². The number of hydrogen-bond donors (Lipinski definition) is 0. The summed E-state index contributed by atoms with van der Waals surface area (Å²) in [7, 11) is 6.01. The van der Waals surface area contributed by atoms with E-state index >= 15 is 0 Å². The van der Waals surface area contributed by atoms with Crippen LogP contribution in [0.25, 0.3) is 0 Å². The third-order valence-corrected chi connectivity index (χ3v) is 4.33. The van der Waals surface area contributed by atoms with E-state index in [2.05, 4.69) is 47.9 Å². The second-order valence-electron chi connectivity index (χ2n) is 6.48. The first-order chi connectivity index (χ1) is 10.0. The molecule has 2 atom stereocenters. The lowest BCUT2D eigenvalue weighted by atomic mass is 9.91. The van der Waals surface area contributed by atoms with Crippen molar-refractivity contribution in [2.75, 3.05) is 40.9 Å². The lowest BCUT2D eigenvalue weighted by Crippen LogP contribution is -2.37. The monoisotopic (exact) mass is 296 g/mol. The SMILES string of the molecule is COCCc1noc(CN2C[C@H](C(C)C)[C@@H](N(C)C)C2)n1. The van der Waals surface area contributed by atoms with Crippen LogP contribution in [-0.2, 0) is 17.7 Å². The van der Waals surface area contributed by atoms with E-state index in [-0.39, 0.29) is 0 Å². The standard InChI is InChI=1S/C15H28N4O2/c1-11(2)12-8-19(9-13(12)18(3)4)10-15-16-14(17-21-15)6-7-20-5/h11-13H,6-10H2,1-5H3/t12-,13+/m1/s1. The van der Waals surface area contributed by atoms with Gasteiger partial charge in [0.1, 0.15) is 0 Å². The zero-order chi connectivity index (χ0) is 15.4. The molecule has 0 bridgehead atoms. The van der Waals surface area contributed by atoms with Gasteiger partial charge in [0.2, 0.25) is 5.89 Å². The van der Waals surface area contributed by atoms with Gasteiger partial charge in [0, 0.05) is 32.7 Å². The van der Waals surface area contributed by atoms with Gasteiger partial charge in [0.25, 0.3) is 0 Å². The fourth-order valence-electron chi connectivity index (χ4n) is 3.07. The highest BCUT2D eigenvalue weighted by atomic mass is 16.5. The van der Waals surface area contributed by atoms with Crippen molar-refractivity contribution in [3.05, 3.63) is 11.7 Å². The molecule has 0 radical (unpaired) electrons. The van der Waals surface area contributed by atoms with Gasteiger partial charge >= 0.3 is 0 Å². The first-order valence-corrected chi connectivity index (χ1v) is 7.70. The fourth-order valence-corrected chi connectivity index (χ4v) is 3.07. The second-order valence-corrected chi connectivity index (χ2v) is 6.48. The summed E-state index contributed by atoms with van der Waals surface area (Å²) in [6, 6.07) is 0.598. The van der Waals surface area contributed by atoms with Crippen LogP contribution in [0.2, 0.25) is 0 Å². The van der Waals surface area contributed by atoms with Crippen molar-refractivity contribution in [1.82, 2.24) is 19.9 Å². The minimum Gasteiger partial charge on any atom is -0.384 e. The molecular weight excluding hydrogens is 268 g/mol. The number of rotatable bonds is 7. The van der Waals surface area contributed by atoms with Gasteiger partial charge in [-0.2, -0.15) is 4.98 Å². The minimum atomic E-state index is 0.598. The summed E-state index contributed by atoms with van der Waals surface area (Å²) in [6.45, 7) is 8.14. The molecule has 1 aliphatic heterocycles. The Morgan fingerprint density at radius 3 is 2.71 bits per heavy atom. The molecule has 6 heteroatoms. The molecule has 1 aromatic rings. The van der Waals surface area contributed by atoms with E-state index in [4.69, 9.17) is 9.26 Å². The summed E-state index contributed by atoms with van der Waals surface area (Å²) in [5.74, 6) is 2.82. The van der Waals surface area contributed by atoms with Crippen molar-refractivity contribution in [1.29, 1.82) is 0 Å². The van der Waals surface area contributed by atoms with E-state index in [1.165, 1.54) is 0 Å². The van der Waals surface area contributed by atoms with Crippen LogP contribution in [0, 0.1) is 11.8 Å². The summed E-state index contributed by atoms with van der Waals surface area (Å²) in [6.07, 6.45) is 0.703. The molecule has 1 aliphatic rings. The highest BCUT2D eigenvalue weighted by Crippen LogP contribution is 2.27. The van der Waals surface area contributed by atoms with Crippen molar-refractivity contribution in [3.8, 4) is 0 Å². The van der Waals surface area contributed by atoms with Crippen LogP contribution < -0.4 is 0 Å². The van der Waals surface area contributed by atoms with Gasteiger partial charge in [-0.25, -0.2) is 0 Å². The molecule has 6 nitrogen and oxygen atoms in total. The summed E-state index contributed by atoms with van der Waals surface area (Å²) in [5, 5.41) is 4.00. The van der Waals surface area contributed by atoms with Gasteiger partial charge < -0.3 is 14.2 Å². The van der Waals surface area contributed by atoms with E-state index in [1.807, 2.05) is 0 Å². The zero-order valence-electron chi connectivity index (χ0n) is 13.9. The van der Waals surface area contributed by atoms with Gasteiger partial charge in [-0.1, -0.05) is 19.0 Å². The number of likely N-dealkylation sites (N-methyl/N-ethyl adjacent to an activating group) is 1. The number of ether oxygens (including phenoxy) is 1. The first kappa shape index (κ1) is 16.4. The minimum absolute atomic E-state index is 0.598. The smallest absolute Gasteiger partial charge is 0.240 e. The molecule has 1 saturated heterocycles. The highest BCUT2D eigenvalue weighted by molar-refractivity contribution is 4.93. The maximum atomic E-state index is 5.34. The maximum Gasteiger partial charge on any atom is 0.240 e. The third-order valence-electron chi connectivity index (χ3n) is 4.33. The molecule has 21 heavy (non-hydrogen) atoms. The van der Waals surface area contributed by atoms with Gasteiger partial charge in [0.15, 0.2) is 5.82 Å². The third kappa shape index (κ3) is 4.25. The molecule has 0 aromatic carbocycles. The zero-order valence-corrected chi connectivity index (χ0v) is 13.9. The van der Waals surface area contributed by atoms with Crippen molar-refractivity contribution in [2.45, 2.75) is 32.9 Å². The van der Waals surface area contributed by atoms with Crippen LogP contribution >= 0.6 is 0 Å². The fraction of sp³-hybridized carbons (Fsp3) is 0.867. The number of hydrogen-bond acceptors (Lipinski definition) is 6. The first-order valence-electron chi connectivity index (χ1n) is 7.70. The Hall–Kier alpha value is -0.980. The van der Waals surface area contributed by atoms with Crippen molar-refractivity contribution in [2.24, 2.45) is 11.8 Å². The van der Waals surface area contributed by atoms with Crippen LogP contribution in [0.5, 0.6) is 0 Å². The molecule has 2 rings (SSSR count). The van der Waals surface area contributed by atoms with Crippen LogP contribution in [0.4, 0.5) is 0 Å². The number of methoxy groups -OCH3 is 1. The average molecular weight is 296 g/mol. The Balaban J connectivity index is 1.93. The average Bonchev–Trinajstić information content (AvgIpc) is 3.03. The molecule has 120 valence electrons. The van der Waals surface area contributed by atoms with Gasteiger partial charge in [-0.05, 0) is 25.9 Å². The van der Waals surface area contributed by atoms with E-state index in [9.17, 15) is 0 Å². The van der Waals surface area contributed by atoms with Crippen LogP contribution in [0.15, 0.2) is 4.52 Å². The number of aromatic nitrogens is 2. The Morgan fingerprint density at radius 2 is 2.14 bits per heavy atom. The predicted molar refractivity (Wildman–Crippen MR) is 81.0 cm³/mol. The molecule has 1 fully saturated rings. The summed E-state index contributed by atoms with van der Waals surface area (Å²) >= 11 is 0. The summed E-state index contributed by atoms with van der Waals surface area (Å²) in [4.78, 5) is 9.19. The number of likely N-dealkylation sites (tertiary alicyclic amines) is 1. The molecule has 0 N–H and O–H groups in total. The van der Waals surface area contributed by atoms with Crippen LogP contribution in [-0.4, -0.2) is 66.9 Å². The van der Waals surface area contributed by atoms with Gasteiger partial charge in [-0.3, -0.25) is 4.90 Å². The van der Waals surface area contributed by atoms with Crippen molar-refractivity contribution < 1.29 is 9.26 Å². The Labute approximate surface area is 127 Å². The molecule has 0 amide bonds. The molecule has 0 spiro atoms. The maximum absolute atomic E-state index is 5.34. The summed E-state index contributed by atoms with van der Waals surface area (Å²) < 4.78 is 10.4. The van der Waals surface area contributed by atoms with E-state index < -0.39 is 0 Å². The van der Waals surface area contributed by atoms with Gasteiger partial charge in [0.05, 0.1) is 13.2 Å². The van der Waals surface area contributed by atoms with Crippen LogP contribution in [0.3, 0.4) is 0 Å². The molecule has 0 saturated carbocycles.